The van der Waals surface area contributed by atoms with Crippen LogP contribution in [-0.4, -0.2) is 47.7 Å². The molecule has 0 radical (unpaired) electrons. The van der Waals surface area contributed by atoms with E-state index in [1.807, 2.05) is 0 Å². The van der Waals surface area contributed by atoms with Gasteiger partial charge >= 0.3 is 0 Å². The van der Waals surface area contributed by atoms with Crippen molar-refractivity contribution in [1.82, 2.24) is 14.9 Å². The monoisotopic (exact) mass is 292 g/mol. The molecule has 118 valence electrons. The lowest BCUT2D eigenvalue weighted by atomic mass is 10.1. The van der Waals surface area contributed by atoms with Gasteiger partial charge in [0.15, 0.2) is 5.82 Å². The summed E-state index contributed by atoms with van der Waals surface area (Å²) in [5, 5.41) is 3.35. The van der Waals surface area contributed by atoms with Gasteiger partial charge < -0.3 is 10.1 Å². The molecule has 0 bridgehead atoms. The molecular formula is C16H28N4O. The van der Waals surface area contributed by atoms with Crippen molar-refractivity contribution in [3.05, 3.63) is 17.1 Å². The van der Waals surface area contributed by atoms with E-state index >= 15 is 0 Å². The van der Waals surface area contributed by atoms with Crippen LogP contribution in [0, 0.1) is 6.92 Å². The smallest absolute Gasteiger partial charge is 0.161 e. The summed E-state index contributed by atoms with van der Waals surface area (Å²) in [6, 6.07) is 0. The van der Waals surface area contributed by atoms with Crippen molar-refractivity contribution in [2.75, 3.05) is 38.1 Å². The highest BCUT2D eigenvalue weighted by Crippen LogP contribution is 2.24. The van der Waals surface area contributed by atoms with Crippen molar-refractivity contribution in [2.45, 2.75) is 46.6 Å². The number of ether oxygens (including phenoxy) is 1. The third-order valence-electron chi connectivity index (χ3n) is 3.92. The van der Waals surface area contributed by atoms with Crippen molar-refractivity contribution in [1.29, 1.82) is 0 Å². The molecule has 0 spiro atoms. The van der Waals surface area contributed by atoms with Crippen LogP contribution >= 0.6 is 0 Å². The molecule has 1 aliphatic heterocycles. The molecule has 0 saturated carbocycles. The fourth-order valence-corrected chi connectivity index (χ4v) is 2.79. The predicted octanol–water partition coefficient (Wildman–Crippen LogP) is 2.56. The summed E-state index contributed by atoms with van der Waals surface area (Å²) in [7, 11) is 0. The van der Waals surface area contributed by atoms with Gasteiger partial charge in [0.25, 0.3) is 0 Å². The van der Waals surface area contributed by atoms with E-state index in [4.69, 9.17) is 14.7 Å². The van der Waals surface area contributed by atoms with E-state index in [0.717, 1.165) is 62.1 Å². The molecule has 0 aromatic carbocycles. The van der Waals surface area contributed by atoms with Crippen LogP contribution in [0.1, 0.15) is 50.4 Å². The predicted molar refractivity (Wildman–Crippen MR) is 85.7 cm³/mol. The van der Waals surface area contributed by atoms with Gasteiger partial charge in [-0.25, -0.2) is 9.97 Å². The Labute approximate surface area is 128 Å². The van der Waals surface area contributed by atoms with E-state index in [0.29, 0.717) is 0 Å². The highest BCUT2D eigenvalue weighted by molar-refractivity contribution is 5.46. The Morgan fingerprint density at radius 1 is 1.29 bits per heavy atom. The molecule has 0 amide bonds. The summed E-state index contributed by atoms with van der Waals surface area (Å²) in [4.78, 5) is 11.9. The molecule has 2 heterocycles. The SMILES string of the molecule is CCCN1CCOC(c2nc(CC)c(C)c(NCC)n2)C1. The molecule has 1 fully saturated rings. The second kappa shape index (κ2) is 7.71. The molecule has 0 aliphatic carbocycles. The molecule has 1 N–H and O–H groups in total. The molecular weight excluding hydrogens is 264 g/mol. The topological polar surface area (TPSA) is 50.3 Å². The number of rotatable bonds is 6. The van der Waals surface area contributed by atoms with E-state index in [1.165, 1.54) is 6.42 Å². The van der Waals surface area contributed by atoms with Gasteiger partial charge in [-0.3, -0.25) is 4.90 Å². The van der Waals surface area contributed by atoms with E-state index in [-0.39, 0.29) is 6.10 Å². The van der Waals surface area contributed by atoms with E-state index in [2.05, 4.69) is 37.9 Å². The third kappa shape index (κ3) is 3.92. The summed E-state index contributed by atoms with van der Waals surface area (Å²) in [6.45, 7) is 13.2. The second-order valence-corrected chi connectivity index (χ2v) is 5.55. The van der Waals surface area contributed by atoms with E-state index < -0.39 is 0 Å². The standard InChI is InChI=1S/C16H28N4O/c1-5-8-20-9-10-21-14(11-20)16-18-13(6-2)12(4)15(19-16)17-7-3/h14H,5-11H2,1-4H3,(H,17,18,19). The first-order chi connectivity index (χ1) is 10.2. The van der Waals surface area contributed by atoms with Crippen molar-refractivity contribution in [3.63, 3.8) is 0 Å². The first-order valence-electron chi connectivity index (χ1n) is 8.14. The number of nitrogens with one attached hydrogen (secondary N) is 1. The van der Waals surface area contributed by atoms with Crippen molar-refractivity contribution < 1.29 is 4.74 Å². The van der Waals surface area contributed by atoms with Gasteiger partial charge in [0.2, 0.25) is 0 Å². The largest absolute Gasteiger partial charge is 0.370 e. The highest BCUT2D eigenvalue weighted by Gasteiger charge is 2.25. The van der Waals surface area contributed by atoms with Crippen LogP contribution in [0.4, 0.5) is 5.82 Å². The normalized spacial score (nSPS) is 19.7. The second-order valence-electron chi connectivity index (χ2n) is 5.55. The number of anilines is 1. The van der Waals surface area contributed by atoms with Crippen LogP contribution in [0.5, 0.6) is 0 Å². The molecule has 1 atom stereocenters. The van der Waals surface area contributed by atoms with Gasteiger partial charge in [-0.1, -0.05) is 13.8 Å². The van der Waals surface area contributed by atoms with Gasteiger partial charge in [0, 0.05) is 30.9 Å². The molecule has 5 heteroatoms. The first kappa shape index (κ1) is 16.2. The maximum Gasteiger partial charge on any atom is 0.161 e. The number of hydrogen-bond donors (Lipinski definition) is 1. The minimum absolute atomic E-state index is 0.00592. The Balaban J connectivity index is 2.23. The molecule has 2 rings (SSSR count). The zero-order chi connectivity index (χ0) is 15.2. The Morgan fingerprint density at radius 3 is 2.76 bits per heavy atom. The number of hydrogen-bond acceptors (Lipinski definition) is 5. The van der Waals surface area contributed by atoms with Crippen molar-refractivity contribution in [3.8, 4) is 0 Å². The molecule has 1 aromatic rings. The van der Waals surface area contributed by atoms with Crippen LogP contribution in [0.25, 0.3) is 0 Å². The van der Waals surface area contributed by atoms with Gasteiger partial charge in [-0.2, -0.15) is 0 Å². The highest BCUT2D eigenvalue weighted by atomic mass is 16.5. The molecule has 1 aliphatic rings. The molecule has 21 heavy (non-hydrogen) atoms. The first-order valence-corrected chi connectivity index (χ1v) is 8.14. The molecule has 1 saturated heterocycles. The van der Waals surface area contributed by atoms with Gasteiger partial charge in [-0.05, 0) is 33.2 Å². The maximum atomic E-state index is 5.92. The summed E-state index contributed by atoms with van der Waals surface area (Å²) in [6.07, 6.45) is 2.09. The van der Waals surface area contributed by atoms with Gasteiger partial charge in [0.05, 0.1) is 6.61 Å². The van der Waals surface area contributed by atoms with Crippen LogP contribution in [0.3, 0.4) is 0 Å². The summed E-state index contributed by atoms with van der Waals surface area (Å²) in [5.41, 5.74) is 2.27. The Kier molecular flexibility index (Phi) is 5.94. The fourth-order valence-electron chi connectivity index (χ4n) is 2.79. The van der Waals surface area contributed by atoms with Crippen LogP contribution in [-0.2, 0) is 11.2 Å². The maximum absolute atomic E-state index is 5.92. The van der Waals surface area contributed by atoms with Gasteiger partial charge in [0.1, 0.15) is 11.9 Å². The summed E-state index contributed by atoms with van der Waals surface area (Å²) >= 11 is 0. The van der Waals surface area contributed by atoms with Gasteiger partial charge in [-0.15, -0.1) is 0 Å². The average Bonchev–Trinajstić information content (AvgIpc) is 2.50. The number of aryl methyl sites for hydroxylation is 1. The number of nitrogens with zero attached hydrogens (tertiary/aromatic N) is 3. The van der Waals surface area contributed by atoms with Crippen LogP contribution < -0.4 is 5.32 Å². The molecule has 1 unspecified atom stereocenters. The van der Waals surface area contributed by atoms with E-state index in [1.54, 1.807) is 0 Å². The summed E-state index contributed by atoms with van der Waals surface area (Å²) < 4.78 is 5.92. The van der Waals surface area contributed by atoms with E-state index in [9.17, 15) is 0 Å². The van der Waals surface area contributed by atoms with Crippen molar-refractivity contribution >= 4 is 5.82 Å². The summed E-state index contributed by atoms with van der Waals surface area (Å²) in [5.74, 6) is 1.78. The lowest BCUT2D eigenvalue weighted by molar-refractivity contribution is -0.0342. The van der Waals surface area contributed by atoms with Crippen LogP contribution in [0.15, 0.2) is 0 Å². The Hall–Kier alpha value is -1.20. The Morgan fingerprint density at radius 2 is 2.10 bits per heavy atom. The molecule has 5 nitrogen and oxygen atoms in total. The van der Waals surface area contributed by atoms with Crippen LogP contribution in [0.2, 0.25) is 0 Å². The minimum atomic E-state index is -0.00592. The fraction of sp³-hybridized carbons (Fsp3) is 0.750. The number of morpholine rings is 1. The molecule has 1 aromatic heterocycles. The number of aromatic nitrogens is 2. The Bertz CT molecular complexity index is 462. The zero-order valence-electron chi connectivity index (χ0n) is 13.8. The zero-order valence-corrected chi connectivity index (χ0v) is 13.8. The lowest BCUT2D eigenvalue weighted by Gasteiger charge is -2.32. The quantitative estimate of drug-likeness (QED) is 0.873. The van der Waals surface area contributed by atoms with Crippen molar-refractivity contribution in [2.24, 2.45) is 0 Å². The third-order valence-corrected chi connectivity index (χ3v) is 3.92. The lowest BCUT2D eigenvalue weighted by Crippen LogP contribution is -2.39. The average molecular weight is 292 g/mol. The minimum Gasteiger partial charge on any atom is -0.370 e.